The molecule has 0 saturated heterocycles. The van der Waals surface area contributed by atoms with Gasteiger partial charge in [0.2, 0.25) is 0 Å². The fraction of sp³-hybridized carbons (Fsp3) is 0. The van der Waals surface area contributed by atoms with E-state index in [0.29, 0.717) is 0 Å². The van der Waals surface area contributed by atoms with Gasteiger partial charge in [0.25, 0.3) is 0 Å². The number of hydrogen-bond donors (Lipinski definition) is 0. The molecule has 71 heavy (non-hydrogen) atoms. The second kappa shape index (κ2) is 15.6. The molecule has 15 rings (SSSR count). The van der Waals surface area contributed by atoms with Gasteiger partial charge in [-0.3, -0.25) is 0 Å². The minimum atomic E-state index is -2.76. The van der Waals surface area contributed by atoms with E-state index in [2.05, 4.69) is 275 Å². The Morgan fingerprint density at radius 2 is 0.662 bits per heavy atom. The lowest BCUT2D eigenvalue weighted by Gasteiger charge is -2.34. The number of aromatic nitrogens is 3. The van der Waals surface area contributed by atoms with Crippen molar-refractivity contribution in [2.75, 3.05) is 0 Å². The van der Waals surface area contributed by atoms with Crippen LogP contribution in [-0.2, 0) is 0 Å². The fourth-order valence-corrected chi connectivity index (χ4v) is 18.3. The fourth-order valence-electron chi connectivity index (χ4n) is 12.2. The molecule has 4 heterocycles. The Kier molecular flexibility index (Phi) is 8.85. The Labute approximate surface area is 415 Å². The third-order valence-electron chi connectivity index (χ3n) is 15.2. The smallest absolute Gasteiger partial charge is 0.179 e. The normalized spacial score (nSPS) is 12.2. The molecule has 0 amide bonds. The van der Waals surface area contributed by atoms with Gasteiger partial charge in [-0.1, -0.05) is 182 Å². The van der Waals surface area contributed by atoms with Crippen LogP contribution in [0.5, 0.6) is 0 Å². The van der Waals surface area contributed by atoms with Crippen LogP contribution < -0.4 is 20.7 Å². The molecule has 0 aliphatic rings. The third-order valence-corrected chi connectivity index (χ3v) is 21.1. The third kappa shape index (κ3) is 5.82. The van der Waals surface area contributed by atoms with E-state index in [0.717, 1.165) is 17.1 Å². The van der Waals surface area contributed by atoms with E-state index >= 15 is 0 Å². The monoisotopic (exact) mass is 937 g/mol. The highest BCUT2D eigenvalue weighted by Crippen LogP contribution is 2.44. The predicted octanol–water partition coefficient (Wildman–Crippen LogP) is 14.7. The molecule has 0 spiro atoms. The van der Waals surface area contributed by atoms with Gasteiger partial charge in [-0.05, 0) is 99.6 Å². The van der Waals surface area contributed by atoms with Gasteiger partial charge in [-0.25, -0.2) is 0 Å². The number of thiophene rings is 1. The van der Waals surface area contributed by atoms with E-state index in [1.165, 1.54) is 106 Å². The highest BCUT2D eigenvalue weighted by atomic mass is 32.1. The van der Waals surface area contributed by atoms with Crippen molar-refractivity contribution in [2.24, 2.45) is 0 Å². The minimum Gasteiger partial charge on any atom is -0.309 e. The predicted molar refractivity (Wildman–Crippen MR) is 306 cm³/mol. The number of nitrogens with zero attached hydrogens (tertiary/aromatic N) is 3. The molecule has 11 aromatic carbocycles. The summed E-state index contributed by atoms with van der Waals surface area (Å²) in [5, 5.41) is 15.6. The van der Waals surface area contributed by atoms with Gasteiger partial charge in [0.15, 0.2) is 8.07 Å². The molecule has 15 aromatic rings. The van der Waals surface area contributed by atoms with Crippen molar-refractivity contribution >= 4 is 126 Å². The lowest BCUT2D eigenvalue weighted by molar-refractivity contribution is 1.16. The van der Waals surface area contributed by atoms with E-state index in [4.69, 9.17) is 0 Å². The first-order chi connectivity index (χ1) is 35.2. The zero-order valence-electron chi connectivity index (χ0n) is 38.6. The zero-order valence-corrected chi connectivity index (χ0v) is 40.4. The Morgan fingerprint density at radius 3 is 1.23 bits per heavy atom. The van der Waals surface area contributed by atoms with Crippen LogP contribution in [0.4, 0.5) is 0 Å². The van der Waals surface area contributed by atoms with Crippen molar-refractivity contribution in [1.82, 2.24) is 13.7 Å². The number of hydrogen-bond acceptors (Lipinski definition) is 1. The van der Waals surface area contributed by atoms with Gasteiger partial charge in [-0.15, -0.1) is 11.3 Å². The van der Waals surface area contributed by atoms with E-state index < -0.39 is 8.07 Å². The lowest BCUT2D eigenvalue weighted by Crippen LogP contribution is -2.74. The van der Waals surface area contributed by atoms with Gasteiger partial charge >= 0.3 is 0 Å². The first-order valence-corrected chi connectivity index (χ1v) is 27.2. The first-order valence-electron chi connectivity index (χ1n) is 24.4. The van der Waals surface area contributed by atoms with Crippen LogP contribution in [0.1, 0.15) is 0 Å². The molecule has 0 aliphatic heterocycles. The van der Waals surface area contributed by atoms with E-state index in [-0.39, 0.29) is 0 Å². The largest absolute Gasteiger partial charge is 0.309 e. The summed E-state index contributed by atoms with van der Waals surface area (Å²) in [6, 6.07) is 97.4. The maximum absolute atomic E-state index is 2.76. The molecule has 0 radical (unpaired) electrons. The Hall–Kier alpha value is -8.74. The number of rotatable bonds is 7. The van der Waals surface area contributed by atoms with Crippen LogP contribution in [0.3, 0.4) is 0 Å². The summed E-state index contributed by atoms with van der Waals surface area (Å²) >= 11 is 1.90. The zero-order chi connectivity index (χ0) is 46.6. The van der Waals surface area contributed by atoms with Gasteiger partial charge in [-0.2, -0.15) is 0 Å². The quantitative estimate of drug-likeness (QED) is 0.112. The van der Waals surface area contributed by atoms with Crippen molar-refractivity contribution in [3.63, 3.8) is 0 Å². The Balaban J connectivity index is 0.915. The van der Waals surface area contributed by atoms with Crippen LogP contribution in [-0.4, -0.2) is 21.8 Å². The number of para-hydroxylation sites is 3. The van der Waals surface area contributed by atoms with E-state index in [9.17, 15) is 0 Å². The van der Waals surface area contributed by atoms with Gasteiger partial charge in [0, 0.05) is 69.6 Å². The molecule has 0 bridgehead atoms. The summed E-state index contributed by atoms with van der Waals surface area (Å²) in [7, 11) is -2.76. The van der Waals surface area contributed by atoms with Crippen molar-refractivity contribution in [1.29, 1.82) is 0 Å². The molecule has 5 heteroatoms. The van der Waals surface area contributed by atoms with Crippen LogP contribution >= 0.6 is 11.3 Å². The van der Waals surface area contributed by atoms with Crippen molar-refractivity contribution in [3.8, 4) is 17.1 Å². The van der Waals surface area contributed by atoms with Crippen LogP contribution in [0.25, 0.3) is 103 Å². The topological polar surface area (TPSA) is 14.8 Å². The molecule has 0 aliphatic carbocycles. The second-order valence-corrected chi connectivity index (χ2v) is 23.7. The van der Waals surface area contributed by atoms with E-state index in [1.54, 1.807) is 0 Å². The number of fused-ring (bicyclic) bond motifs is 13. The highest BCUT2D eigenvalue weighted by Gasteiger charge is 2.41. The van der Waals surface area contributed by atoms with Gasteiger partial charge < -0.3 is 13.7 Å². The maximum Gasteiger partial charge on any atom is 0.179 e. The molecule has 4 aromatic heterocycles. The molecular formula is C66H43N3SSi. The summed E-state index contributed by atoms with van der Waals surface area (Å²) in [5.74, 6) is 0. The Morgan fingerprint density at radius 1 is 0.254 bits per heavy atom. The summed E-state index contributed by atoms with van der Waals surface area (Å²) in [6.07, 6.45) is 0. The minimum absolute atomic E-state index is 1.14. The second-order valence-electron chi connectivity index (χ2n) is 18.8. The molecule has 3 nitrogen and oxygen atoms in total. The summed E-state index contributed by atoms with van der Waals surface area (Å²) in [6.45, 7) is 0. The Bertz CT molecular complexity index is 4480. The van der Waals surface area contributed by atoms with Crippen LogP contribution in [0, 0.1) is 0 Å². The van der Waals surface area contributed by atoms with Crippen LogP contribution in [0.15, 0.2) is 261 Å². The van der Waals surface area contributed by atoms with Gasteiger partial charge in [0.1, 0.15) is 0 Å². The van der Waals surface area contributed by atoms with Crippen LogP contribution in [0.2, 0.25) is 0 Å². The molecule has 0 saturated carbocycles. The lowest BCUT2D eigenvalue weighted by atomic mass is 10.1. The first kappa shape index (κ1) is 40.2. The van der Waals surface area contributed by atoms with Gasteiger partial charge in [0.05, 0.1) is 33.1 Å². The standard InChI is InChI=1S/C66H43N3SSi/c1-4-20-47(21-5-1)71(48-22-6-2-7-23-48,49-24-8-3-9-25-49)50-26-18-19-44(41-50)67-58-31-14-10-27-51(58)56-42-45(35-38-61(56)67)68-59-32-15-11-28-52(59)57-43-46(36-39-62(57)68)69-60-33-16-12-30-55(60)65-63(69)40-37-54-53-29-13-17-34-64(53)70-66(54)65/h1-43H. The molecule has 0 fully saturated rings. The molecule has 0 atom stereocenters. The van der Waals surface area contributed by atoms with E-state index in [1.807, 2.05) is 11.3 Å². The average Bonchev–Trinajstić information content (AvgIpc) is 4.18. The number of benzene rings is 11. The van der Waals surface area contributed by atoms with Crippen molar-refractivity contribution < 1.29 is 0 Å². The summed E-state index contributed by atoms with van der Waals surface area (Å²) in [4.78, 5) is 0. The van der Waals surface area contributed by atoms with Crippen molar-refractivity contribution in [3.05, 3.63) is 261 Å². The van der Waals surface area contributed by atoms with Crippen molar-refractivity contribution in [2.45, 2.75) is 0 Å². The maximum atomic E-state index is 2.48. The summed E-state index contributed by atoms with van der Waals surface area (Å²) in [5.41, 5.74) is 10.6. The molecule has 0 unspecified atom stereocenters. The molecular weight excluding hydrogens is 895 g/mol. The molecule has 0 N–H and O–H groups in total. The summed E-state index contributed by atoms with van der Waals surface area (Å²) < 4.78 is 10.1. The highest BCUT2D eigenvalue weighted by molar-refractivity contribution is 7.26. The molecule has 332 valence electrons. The average molecular weight is 938 g/mol. The SMILES string of the molecule is c1ccc([Si](c2ccccc2)(c2ccccc2)c2cccc(-n3c4ccccc4c4cc(-n5c6ccccc6c6cc(-n7c8ccccc8c8c9sc%10ccccc%10c9ccc87)ccc65)ccc43)c2)cc1.